The first kappa shape index (κ1) is 11.6. The van der Waals surface area contributed by atoms with Gasteiger partial charge in [0.1, 0.15) is 6.29 Å². The van der Waals surface area contributed by atoms with E-state index in [9.17, 15) is 9.90 Å². The number of hydrogen-bond acceptors (Lipinski definition) is 3. The molecule has 3 nitrogen and oxygen atoms in total. The molecule has 0 aliphatic heterocycles. The number of aldehydes is 1. The minimum atomic E-state index is -0.0249. The van der Waals surface area contributed by atoms with Crippen LogP contribution in [0, 0.1) is 0 Å². The van der Waals surface area contributed by atoms with Crippen LogP contribution in [0.5, 0.6) is 11.5 Å². The van der Waals surface area contributed by atoms with Crippen molar-refractivity contribution in [2.75, 3.05) is 7.11 Å². The lowest BCUT2D eigenvalue weighted by Crippen LogP contribution is -1.87. The van der Waals surface area contributed by atoms with E-state index in [0.29, 0.717) is 22.4 Å². The molecule has 0 atom stereocenters. The van der Waals surface area contributed by atoms with Gasteiger partial charge in [-0.05, 0) is 24.6 Å². The van der Waals surface area contributed by atoms with E-state index in [0.717, 1.165) is 0 Å². The maximum absolute atomic E-state index is 10.4. The van der Waals surface area contributed by atoms with Crippen molar-refractivity contribution >= 4 is 24.0 Å². The van der Waals surface area contributed by atoms with Crippen LogP contribution in [0.2, 0.25) is 5.02 Å². The highest BCUT2D eigenvalue weighted by Gasteiger charge is 2.08. The van der Waals surface area contributed by atoms with Crippen LogP contribution in [-0.2, 0) is 4.79 Å². The molecule has 1 rings (SSSR count). The summed E-state index contributed by atoms with van der Waals surface area (Å²) in [4.78, 5) is 10.4. The highest BCUT2D eigenvalue weighted by Crippen LogP contribution is 2.34. The number of methoxy groups -OCH3 is 1. The van der Waals surface area contributed by atoms with Crippen molar-refractivity contribution in [1.82, 2.24) is 0 Å². The number of rotatable bonds is 3. The largest absolute Gasteiger partial charge is 0.504 e. The number of phenolic OH excluding ortho intramolecular Hbond substituents is 1. The number of phenols is 1. The predicted octanol–water partition coefficient (Wildman–Crippen LogP) is 2.66. The minimum absolute atomic E-state index is 0.0249. The monoisotopic (exact) mass is 226 g/mol. The summed E-state index contributed by atoms with van der Waals surface area (Å²) in [5, 5.41) is 10.2. The molecular formula is C11H11ClO3. The number of ether oxygens (including phenoxy) is 1. The maximum Gasteiger partial charge on any atom is 0.165 e. The number of carbonyl (C=O) groups excluding carboxylic acids is 1. The molecule has 80 valence electrons. The quantitative estimate of drug-likeness (QED) is 0.637. The highest BCUT2D eigenvalue weighted by atomic mass is 35.5. The van der Waals surface area contributed by atoms with Crippen molar-refractivity contribution < 1.29 is 14.6 Å². The third kappa shape index (κ3) is 2.73. The van der Waals surface area contributed by atoms with Crippen LogP contribution in [0.1, 0.15) is 12.5 Å². The van der Waals surface area contributed by atoms with Gasteiger partial charge in [0.05, 0.1) is 7.11 Å². The molecule has 0 heterocycles. The summed E-state index contributed by atoms with van der Waals surface area (Å²) in [5.74, 6) is 0.260. The summed E-state index contributed by atoms with van der Waals surface area (Å²) in [6.45, 7) is 1.64. The zero-order chi connectivity index (χ0) is 11.4. The van der Waals surface area contributed by atoms with Gasteiger partial charge in [0.15, 0.2) is 11.5 Å². The number of aromatic hydroxyl groups is 1. The van der Waals surface area contributed by atoms with E-state index in [1.54, 1.807) is 13.0 Å². The van der Waals surface area contributed by atoms with Gasteiger partial charge >= 0.3 is 0 Å². The second-order valence-corrected chi connectivity index (χ2v) is 3.49. The molecule has 0 unspecified atom stereocenters. The van der Waals surface area contributed by atoms with E-state index in [1.807, 2.05) is 0 Å². The molecule has 1 aromatic carbocycles. The summed E-state index contributed by atoms with van der Waals surface area (Å²) < 4.78 is 4.93. The molecule has 0 saturated carbocycles. The maximum atomic E-state index is 10.4. The van der Waals surface area contributed by atoms with Crippen LogP contribution in [0.4, 0.5) is 0 Å². The van der Waals surface area contributed by atoms with Gasteiger partial charge in [-0.2, -0.15) is 0 Å². The van der Waals surface area contributed by atoms with Crippen molar-refractivity contribution in [2.45, 2.75) is 6.92 Å². The molecule has 4 heteroatoms. The van der Waals surface area contributed by atoms with Crippen LogP contribution < -0.4 is 4.74 Å². The van der Waals surface area contributed by atoms with Gasteiger partial charge in [-0.1, -0.05) is 11.6 Å². The Labute approximate surface area is 92.9 Å². The van der Waals surface area contributed by atoms with Gasteiger partial charge in [0.25, 0.3) is 0 Å². The molecule has 0 saturated heterocycles. The normalized spacial score (nSPS) is 11.3. The van der Waals surface area contributed by atoms with Crippen LogP contribution >= 0.6 is 11.6 Å². The Balaban J connectivity index is 3.29. The van der Waals surface area contributed by atoms with Crippen molar-refractivity contribution in [3.05, 3.63) is 28.3 Å². The Morgan fingerprint density at radius 3 is 2.73 bits per heavy atom. The lowest BCUT2D eigenvalue weighted by Gasteiger charge is -2.07. The summed E-state index contributed by atoms with van der Waals surface area (Å²) in [5.41, 5.74) is 0.957. The Bertz CT molecular complexity index is 411. The zero-order valence-corrected chi connectivity index (χ0v) is 9.21. The second-order valence-electron chi connectivity index (χ2n) is 3.05. The lowest BCUT2D eigenvalue weighted by atomic mass is 10.1. The van der Waals surface area contributed by atoms with Crippen molar-refractivity contribution in [3.63, 3.8) is 0 Å². The Morgan fingerprint density at radius 1 is 1.53 bits per heavy atom. The second kappa shape index (κ2) is 4.84. The molecule has 15 heavy (non-hydrogen) atoms. The molecular weight excluding hydrogens is 216 g/mol. The molecule has 0 bridgehead atoms. The Kier molecular flexibility index (Phi) is 3.74. The third-order valence-corrected chi connectivity index (χ3v) is 2.08. The zero-order valence-electron chi connectivity index (χ0n) is 8.45. The van der Waals surface area contributed by atoms with E-state index >= 15 is 0 Å². The first-order valence-electron chi connectivity index (χ1n) is 4.28. The van der Waals surface area contributed by atoms with Crippen LogP contribution in [0.25, 0.3) is 6.08 Å². The average Bonchev–Trinajstić information content (AvgIpc) is 2.22. The topological polar surface area (TPSA) is 46.5 Å². The number of carbonyl (C=O) groups is 1. The Hall–Kier alpha value is -1.48. The molecule has 0 radical (unpaired) electrons. The summed E-state index contributed by atoms with van der Waals surface area (Å²) in [6.07, 6.45) is 2.24. The minimum Gasteiger partial charge on any atom is -0.504 e. The van der Waals surface area contributed by atoms with E-state index in [-0.39, 0.29) is 11.5 Å². The van der Waals surface area contributed by atoms with E-state index in [2.05, 4.69) is 0 Å². The predicted molar refractivity (Wildman–Crippen MR) is 59.4 cm³/mol. The first-order chi connectivity index (χ1) is 7.08. The Morgan fingerprint density at radius 2 is 2.20 bits per heavy atom. The fourth-order valence-corrected chi connectivity index (χ4v) is 1.36. The van der Waals surface area contributed by atoms with Gasteiger partial charge in [0, 0.05) is 16.7 Å². The van der Waals surface area contributed by atoms with E-state index < -0.39 is 0 Å². The molecule has 0 aliphatic carbocycles. The smallest absolute Gasteiger partial charge is 0.165 e. The molecule has 1 N–H and O–H groups in total. The van der Waals surface area contributed by atoms with Gasteiger partial charge in [-0.3, -0.25) is 4.79 Å². The summed E-state index contributed by atoms with van der Waals surface area (Å²) in [7, 11) is 1.44. The van der Waals surface area contributed by atoms with E-state index in [1.165, 1.54) is 19.3 Å². The molecule has 0 fully saturated rings. The van der Waals surface area contributed by atoms with Crippen LogP contribution in [-0.4, -0.2) is 18.5 Å². The highest BCUT2D eigenvalue weighted by molar-refractivity contribution is 6.31. The number of allylic oxidation sites excluding steroid dienone is 1. The first-order valence-corrected chi connectivity index (χ1v) is 4.66. The van der Waals surface area contributed by atoms with Crippen molar-refractivity contribution in [1.29, 1.82) is 0 Å². The van der Waals surface area contributed by atoms with Crippen molar-refractivity contribution in [2.24, 2.45) is 0 Å². The third-order valence-electron chi connectivity index (χ3n) is 1.86. The van der Waals surface area contributed by atoms with E-state index in [4.69, 9.17) is 16.3 Å². The molecule has 0 aliphatic rings. The molecule has 0 aromatic heterocycles. The van der Waals surface area contributed by atoms with Gasteiger partial charge < -0.3 is 9.84 Å². The lowest BCUT2D eigenvalue weighted by molar-refractivity contribution is -0.104. The fraction of sp³-hybridized carbons (Fsp3) is 0.182. The number of halogens is 1. The average molecular weight is 227 g/mol. The van der Waals surface area contributed by atoms with Gasteiger partial charge in [-0.25, -0.2) is 0 Å². The SMILES string of the molecule is COc1cc(Cl)cc(/C=C(\C)C=O)c1O. The number of benzene rings is 1. The van der Waals surface area contributed by atoms with Crippen LogP contribution in [0.15, 0.2) is 17.7 Å². The molecule has 1 aromatic rings. The fourth-order valence-electron chi connectivity index (χ4n) is 1.14. The van der Waals surface area contributed by atoms with Gasteiger partial charge in [-0.15, -0.1) is 0 Å². The van der Waals surface area contributed by atoms with Gasteiger partial charge in [0.2, 0.25) is 0 Å². The number of hydrogen-bond donors (Lipinski definition) is 1. The standard InChI is InChI=1S/C11H11ClO3/c1-7(6-13)3-8-4-9(12)5-10(15-2)11(8)14/h3-6,14H,1-2H3/b7-3+. The summed E-state index contributed by atoms with van der Waals surface area (Å²) >= 11 is 5.82. The molecule has 0 spiro atoms. The molecule has 0 amide bonds. The van der Waals surface area contributed by atoms with Crippen molar-refractivity contribution in [3.8, 4) is 11.5 Å². The van der Waals surface area contributed by atoms with Crippen LogP contribution in [0.3, 0.4) is 0 Å². The summed E-state index contributed by atoms with van der Waals surface area (Å²) in [6, 6.07) is 3.07.